The quantitative estimate of drug-likeness (QED) is 0.872. The van der Waals surface area contributed by atoms with Gasteiger partial charge in [-0.3, -0.25) is 0 Å². The van der Waals surface area contributed by atoms with Crippen molar-refractivity contribution in [1.29, 1.82) is 0 Å². The van der Waals surface area contributed by atoms with Gasteiger partial charge in [0.05, 0.1) is 25.7 Å². The lowest BCUT2D eigenvalue weighted by Crippen LogP contribution is -2.54. The fourth-order valence-electron chi connectivity index (χ4n) is 2.45. The van der Waals surface area contributed by atoms with Gasteiger partial charge in [0.25, 0.3) is 0 Å². The molecule has 3 N–H and O–H groups in total. The van der Waals surface area contributed by atoms with Crippen LogP contribution in [0.1, 0.15) is 16.4 Å². The minimum Gasteiger partial charge on any atom is -0.493 e. The molecule has 0 heterocycles. The molecule has 0 aliphatic carbocycles. The van der Waals surface area contributed by atoms with Crippen LogP contribution < -0.4 is 15.2 Å². The molecule has 0 radical (unpaired) electrons. The van der Waals surface area contributed by atoms with Crippen molar-refractivity contribution < 1.29 is 23.6 Å². The third-order valence-corrected chi connectivity index (χ3v) is 5.95. The molecule has 0 aliphatic rings. The van der Waals surface area contributed by atoms with Gasteiger partial charge in [0, 0.05) is 0 Å². The van der Waals surface area contributed by atoms with Crippen LogP contribution in [0.4, 0.5) is 0 Å². The highest BCUT2D eigenvalue weighted by atomic mass is 32.2. The lowest BCUT2D eigenvalue weighted by Gasteiger charge is -2.17. The van der Waals surface area contributed by atoms with E-state index in [0.29, 0.717) is 22.0 Å². The number of hydrogen-bond donors (Lipinski definition) is 1. The normalized spacial score (nSPS) is 12.7. The zero-order valence-electron chi connectivity index (χ0n) is 13.6. The van der Waals surface area contributed by atoms with Crippen molar-refractivity contribution in [2.75, 3.05) is 20.8 Å². The van der Waals surface area contributed by atoms with Gasteiger partial charge in [0.1, 0.15) is 5.25 Å². The molecule has 124 valence electrons. The van der Waals surface area contributed by atoms with E-state index in [0.717, 1.165) is 5.56 Å². The average molecular weight is 336 g/mol. The fourth-order valence-corrected chi connectivity index (χ4v) is 4.11. The summed E-state index contributed by atoms with van der Waals surface area (Å²) in [5, 5.41) is -0.731. The first kappa shape index (κ1) is 17.3. The molecular formula is C17H22NO4S+. The van der Waals surface area contributed by atoms with E-state index in [1.807, 2.05) is 6.92 Å². The lowest BCUT2D eigenvalue weighted by atomic mass is 10.1. The first-order chi connectivity index (χ1) is 10.9. The van der Waals surface area contributed by atoms with E-state index in [2.05, 4.69) is 5.73 Å². The van der Waals surface area contributed by atoms with E-state index in [9.17, 15) is 8.42 Å². The Bertz CT molecular complexity index is 770. The fraction of sp³-hybridized carbons (Fsp3) is 0.294. The molecule has 0 aromatic heterocycles. The average Bonchev–Trinajstić information content (AvgIpc) is 2.55. The Kier molecular flexibility index (Phi) is 5.28. The molecule has 0 bridgehead atoms. The summed E-state index contributed by atoms with van der Waals surface area (Å²) in [4.78, 5) is 0.298. The highest BCUT2D eigenvalue weighted by Gasteiger charge is 2.30. The highest BCUT2D eigenvalue weighted by molar-refractivity contribution is 7.91. The number of benzene rings is 2. The second kappa shape index (κ2) is 7.02. The SMILES string of the molecule is COc1ccc([C@@H](C[NH3+])S(=O)(=O)c2ccc(C)cc2)cc1OC. The molecule has 0 aliphatic heterocycles. The van der Waals surface area contributed by atoms with Crippen LogP contribution in [0.15, 0.2) is 47.4 Å². The maximum Gasteiger partial charge on any atom is 0.190 e. The number of quaternary nitrogens is 1. The van der Waals surface area contributed by atoms with E-state index < -0.39 is 15.1 Å². The predicted molar refractivity (Wildman–Crippen MR) is 88.4 cm³/mol. The second-order valence-electron chi connectivity index (χ2n) is 5.25. The molecule has 23 heavy (non-hydrogen) atoms. The molecule has 2 aromatic rings. The second-order valence-corrected chi connectivity index (χ2v) is 7.38. The largest absolute Gasteiger partial charge is 0.493 e. The first-order valence-corrected chi connectivity index (χ1v) is 8.80. The summed E-state index contributed by atoms with van der Waals surface area (Å²) in [7, 11) is -0.460. The standard InChI is InChI=1S/C17H21NO4S/c1-12-4-7-14(8-5-12)23(19,20)17(11-18)13-6-9-15(21-2)16(10-13)22-3/h4-10,17H,11,18H2,1-3H3/p+1/t17-/m1/s1. The summed E-state index contributed by atoms with van der Waals surface area (Å²) >= 11 is 0. The van der Waals surface area contributed by atoms with Gasteiger partial charge in [-0.2, -0.15) is 0 Å². The smallest absolute Gasteiger partial charge is 0.190 e. The van der Waals surface area contributed by atoms with Crippen molar-refractivity contribution >= 4 is 9.84 Å². The Balaban J connectivity index is 2.48. The molecule has 5 nitrogen and oxygen atoms in total. The molecule has 2 rings (SSSR count). The summed E-state index contributed by atoms with van der Waals surface area (Å²) in [6.45, 7) is 2.15. The molecule has 0 saturated carbocycles. The minimum absolute atomic E-state index is 0.228. The van der Waals surface area contributed by atoms with Crippen molar-refractivity contribution in [2.45, 2.75) is 17.1 Å². The number of ether oxygens (including phenoxy) is 2. The van der Waals surface area contributed by atoms with Crippen molar-refractivity contribution in [3.63, 3.8) is 0 Å². The third-order valence-electron chi connectivity index (χ3n) is 3.77. The van der Waals surface area contributed by atoms with Crippen molar-refractivity contribution in [3.05, 3.63) is 53.6 Å². The minimum atomic E-state index is -3.52. The molecule has 1 atom stereocenters. The van der Waals surface area contributed by atoms with Gasteiger partial charge >= 0.3 is 0 Å². The van der Waals surface area contributed by atoms with Crippen LogP contribution in [0.2, 0.25) is 0 Å². The zero-order chi connectivity index (χ0) is 17.0. The van der Waals surface area contributed by atoms with Crippen LogP contribution in [-0.4, -0.2) is 29.2 Å². The number of rotatable bonds is 6. The van der Waals surface area contributed by atoms with Gasteiger partial charge in [-0.1, -0.05) is 23.8 Å². The van der Waals surface area contributed by atoms with Gasteiger partial charge in [-0.15, -0.1) is 0 Å². The van der Waals surface area contributed by atoms with Crippen molar-refractivity contribution in [3.8, 4) is 11.5 Å². The third kappa shape index (κ3) is 3.48. The summed E-state index contributed by atoms with van der Waals surface area (Å²) in [5.41, 5.74) is 5.47. The summed E-state index contributed by atoms with van der Waals surface area (Å²) in [6.07, 6.45) is 0. The molecular weight excluding hydrogens is 314 g/mol. The number of methoxy groups -OCH3 is 2. The zero-order valence-corrected chi connectivity index (χ0v) is 14.4. The van der Waals surface area contributed by atoms with Crippen LogP contribution in [0, 0.1) is 6.92 Å². The van der Waals surface area contributed by atoms with Crippen LogP contribution in [0.3, 0.4) is 0 Å². The summed E-state index contributed by atoms with van der Waals surface area (Å²) in [6, 6.07) is 12.0. The van der Waals surface area contributed by atoms with Gasteiger partial charge in [-0.05, 0) is 36.8 Å². The molecule has 0 spiro atoms. The summed E-state index contributed by atoms with van der Waals surface area (Å²) in [5.74, 6) is 1.06. The predicted octanol–water partition coefficient (Wildman–Crippen LogP) is 1.77. The molecule has 0 fully saturated rings. The Morgan fingerprint density at radius 2 is 1.61 bits per heavy atom. The molecule has 6 heteroatoms. The van der Waals surface area contributed by atoms with E-state index in [-0.39, 0.29) is 6.54 Å². The van der Waals surface area contributed by atoms with Crippen LogP contribution in [-0.2, 0) is 9.84 Å². The Hall–Kier alpha value is -2.05. The molecule has 0 unspecified atom stereocenters. The maximum atomic E-state index is 12.9. The lowest BCUT2D eigenvalue weighted by molar-refractivity contribution is -0.367. The molecule has 0 saturated heterocycles. The van der Waals surface area contributed by atoms with E-state index >= 15 is 0 Å². The highest BCUT2D eigenvalue weighted by Crippen LogP contribution is 2.34. The van der Waals surface area contributed by atoms with Gasteiger partial charge < -0.3 is 15.2 Å². The van der Waals surface area contributed by atoms with E-state index in [4.69, 9.17) is 9.47 Å². The van der Waals surface area contributed by atoms with Gasteiger partial charge in [0.2, 0.25) is 0 Å². The molecule has 0 amide bonds. The Morgan fingerprint density at radius 1 is 1.00 bits per heavy atom. The Morgan fingerprint density at radius 3 is 2.13 bits per heavy atom. The van der Waals surface area contributed by atoms with Crippen LogP contribution in [0.25, 0.3) is 0 Å². The monoisotopic (exact) mass is 336 g/mol. The van der Waals surface area contributed by atoms with Crippen molar-refractivity contribution in [1.82, 2.24) is 0 Å². The van der Waals surface area contributed by atoms with Crippen LogP contribution >= 0.6 is 0 Å². The molecule has 2 aromatic carbocycles. The van der Waals surface area contributed by atoms with Gasteiger partial charge in [-0.25, -0.2) is 8.42 Å². The number of sulfone groups is 1. The number of aryl methyl sites for hydroxylation is 1. The van der Waals surface area contributed by atoms with E-state index in [1.54, 1.807) is 49.6 Å². The maximum absolute atomic E-state index is 12.9. The summed E-state index contributed by atoms with van der Waals surface area (Å²) < 4.78 is 36.3. The van der Waals surface area contributed by atoms with Gasteiger partial charge in [0.15, 0.2) is 21.3 Å². The number of hydrogen-bond acceptors (Lipinski definition) is 4. The first-order valence-electron chi connectivity index (χ1n) is 7.25. The van der Waals surface area contributed by atoms with Crippen LogP contribution in [0.5, 0.6) is 11.5 Å². The topological polar surface area (TPSA) is 80.2 Å². The van der Waals surface area contributed by atoms with E-state index in [1.165, 1.54) is 7.11 Å². The Labute approximate surface area is 137 Å². The van der Waals surface area contributed by atoms with Crippen molar-refractivity contribution in [2.24, 2.45) is 0 Å².